The molecule has 6 N–H and O–H groups in total. The lowest BCUT2D eigenvalue weighted by Gasteiger charge is -2.59. The maximum Gasteiger partial charge on any atom is 0.186 e. The summed E-state index contributed by atoms with van der Waals surface area (Å²) in [6, 6.07) is 0. The van der Waals surface area contributed by atoms with Gasteiger partial charge in [0, 0.05) is 13.0 Å². The van der Waals surface area contributed by atoms with Crippen molar-refractivity contribution in [2.45, 2.75) is 128 Å². The molecule has 42 heavy (non-hydrogen) atoms. The number of hydrogen-bond acceptors (Lipinski definition) is 9. The quantitative estimate of drug-likeness (QED) is 0.244. The number of rotatable bonds is 7. The van der Waals surface area contributed by atoms with Crippen molar-refractivity contribution >= 4 is 0 Å². The van der Waals surface area contributed by atoms with Crippen molar-refractivity contribution in [2.24, 2.45) is 40.4 Å². The molecule has 0 bridgehead atoms. The predicted molar refractivity (Wildman–Crippen MR) is 156 cm³/mol. The first-order chi connectivity index (χ1) is 19.8. The molecular weight excluding hydrogens is 540 g/mol. The van der Waals surface area contributed by atoms with Crippen molar-refractivity contribution in [2.75, 3.05) is 13.7 Å². The maximum absolute atomic E-state index is 11.7. The molecule has 1 heterocycles. The summed E-state index contributed by atoms with van der Waals surface area (Å²) in [6.07, 6.45) is 0.490. The first kappa shape index (κ1) is 32.5. The molecule has 0 aromatic carbocycles. The van der Waals surface area contributed by atoms with E-state index in [4.69, 9.17) is 14.2 Å². The van der Waals surface area contributed by atoms with E-state index in [0.29, 0.717) is 25.2 Å². The molecule has 9 heteroatoms. The Morgan fingerprint density at radius 1 is 0.976 bits per heavy atom. The standard InChI is InChI=1S/C33H54O9/c1-16(2)7-8-17(3)25-22(41-31-29(39)30(40-6)27(37)23(15-34)42-31)14-20-24-19(10-12-33(20,25)5)32(4)11-9-18(35)13-21(32)26(36)28(24)38/h7-8,16-19,21-23,25-31,34-39H,9-15H2,1-6H3. The first-order valence-corrected chi connectivity index (χ1v) is 16.0. The normalized spacial score (nSPS) is 50.1. The van der Waals surface area contributed by atoms with Crippen molar-refractivity contribution in [3.63, 3.8) is 0 Å². The second-order valence-corrected chi connectivity index (χ2v) is 14.7. The van der Waals surface area contributed by atoms with Crippen LogP contribution in [0.3, 0.4) is 0 Å². The summed E-state index contributed by atoms with van der Waals surface area (Å²) >= 11 is 0. The van der Waals surface area contributed by atoms with E-state index in [0.717, 1.165) is 30.4 Å². The summed E-state index contributed by atoms with van der Waals surface area (Å²) in [4.78, 5) is 0. The van der Waals surface area contributed by atoms with Gasteiger partial charge in [0.2, 0.25) is 0 Å². The molecule has 0 aromatic heterocycles. The number of ether oxygens (including phenoxy) is 3. The van der Waals surface area contributed by atoms with Crippen molar-refractivity contribution in [1.29, 1.82) is 0 Å². The Kier molecular flexibility index (Phi) is 9.40. The highest BCUT2D eigenvalue weighted by Gasteiger charge is 2.62. The Bertz CT molecular complexity index is 1030. The number of allylic oxidation sites excluding steroid dienone is 2. The number of aliphatic hydroxyl groups excluding tert-OH is 6. The number of fused-ring (bicyclic) bond motifs is 4. The summed E-state index contributed by atoms with van der Waals surface area (Å²) < 4.78 is 17.9. The van der Waals surface area contributed by atoms with Gasteiger partial charge in [-0.1, -0.05) is 52.3 Å². The molecule has 0 amide bonds. The molecule has 0 aromatic rings. The summed E-state index contributed by atoms with van der Waals surface area (Å²) in [5, 5.41) is 65.1. The van der Waals surface area contributed by atoms with Gasteiger partial charge < -0.3 is 44.8 Å². The van der Waals surface area contributed by atoms with E-state index in [2.05, 4.69) is 46.8 Å². The van der Waals surface area contributed by atoms with E-state index in [1.807, 2.05) is 0 Å². The smallest absolute Gasteiger partial charge is 0.186 e. The van der Waals surface area contributed by atoms with Crippen LogP contribution in [0.5, 0.6) is 0 Å². The molecule has 5 rings (SSSR count). The lowest BCUT2D eigenvalue weighted by Crippen LogP contribution is -2.60. The van der Waals surface area contributed by atoms with Crippen LogP contribution in [-0.4, -0.2) is 99.5 Å². The van der Waals surface area contributed by atoms with Crippen LogP contribution in [0.2, 0.25) is 0 Å². The summed E-state index contributed by atoms with van der Waals surface area (Å²) in [6.45, 7) is 10.5. The topological polar surface area (TPSA) is 149 Å². The fourth-order valence-corrected chi connectivity index (χ4v) is 9.71. The molecule has 9 nitrogen and oxygen atoms in total. The van der Waals surface area contributed by atoms with Crippen molar-refractivity contribution in [3.8, 4) is 0 Å². The zero-order valence-corrected chi connectivity index (χ0v) is 26.1. The van der Waals surface area contributed by atoms with Crippen molar-refractivity contribution in [3.05, 3.63) is 23.3 Å². The van der Waals surface area contributed by atoms with Gasteiger partial charge in [-0.25, -0.2) is 0 Å². The number of methoxy groups -OCH3 is 1. The highest BCUT2D eigenvalue weighted by molar-refractivity contribution is 5.40. The van der Waals surface area contributed by atoms with Crippen LogP contribution in [-0.2, 0) is 14.2 Å². The highest BCUT2D eigenvalue weighted by atomic mass is 16.7. The van der Waals surface area contributed by atoms with Gasteiger partial charge in [-0.2, -0.15) is 0 Å². The summed E-state index contributed by atoms with van der Waals surface area (Å²) in [7, 11) is 1.40. The van der Waals surface area contributed by atoms with Gasteiger partial charge >= 0.3 is 0 Å². The SMILES string of the molecule is COC1C(O)C(CO)OC(OC2CC3=C4C(O)C(O)C5CC(O)CCC5(C)C4CCC3(C)C2C(C)C=CC(C)C)C1O. The fourth-order valence-electron chi connectivity index (χ4n) is 9.71. The van der Waals surface area contributed by atoms with Crippen molar-refractivity contribution in [1.82, 2.24) is 0 Å². The van der Waals surface area contributed by atoms with Gasteiger partial charge in [-0.05, 0) is 78.6 Å². The minimum absolute atomic E-state index is 0.00442. The molecule has 4 fully saturated rings. The Morgan fingerprint density at radius 2 is 1.69 bits per heavy atom. The van der Waals surface area contributed by atoms with E-state index in [9.17, 15) is 30.6 Å². The maximum atomic E-state index is 11.7. The van der Waals surface area contributed by atoms with Crippen LogP contribution in [0.15, 0.2) is 23.3 Å². The van der Waals surface area contributed by atoms with Gasteiger partial charge in [0.1, 0.15) is 30.5 Å². The zero-order chi connectivity index (χ0) is 30.7. The number of hydrogen-bond donors (Lipinski definition) is 6. The molecule has 1 aliphatic heterocycles. The van der Waals surface area contributed by atoms with Crippen molar-refractivity contribution < 1.29 is 44.8 Å². The second kappa shape index (κ2) is 12.1. The predicted octanol–water partition coefficient (Wildman–Crippen LogP) is 2.31. The van der Waals surface area contributed by atoms with E-state index >= 15 is 0 Å². The number of aliphatic hydroxyl groups is 6. The Balaban J connectivity index is 1.55. The molecule has 15 atom stereocenters. The molecular formula is C33H54O9. The third-order valence-corrected chi connectivity index (χ3v) is 11.9. The fraction of sp³-hybridized carbons (Fsp3) is 0.879. The van der Waals surface area contributed by atoms with Crippen LogP contribution in [0.1, 0.15) is 73.1 Å². The third-order valence-electron chi connectivity index (χ3n) is 11.9. The highest BCUT2D eigenvalue weighted by Crippen LogP contribution is 2.66. The van der Waals surface area contributed by atoms with Gasteiger partial charge in [0.25, 0.3) is 0 Å². The summed E-state index contributed by atoms with van der Waals surface area (Å²) in [5.74, 6) is 0.428. The Labute approximate surface area is 250 Å². The molecule has 15 unspecified atom stereocenters. The molecule has 3 saturated carbocycles. The summed E-state index contributed by atoms with van der Waals surface area (Å²) in [5.41, 5.74) is 1.57. The monoisotopic (exact) mass is 594 g/mol. The van der Waals surface area contributed by atoms with Gasteiger partial charge in [-0.15, -0.1) is 0 Å². The molecule has 1 saturated heterocycles. The average molecular weight is 595 g/mol. The lowest BCUT2D eigenvalue weighted by molar-refractivity contribution is -0.318. The third kappa shape index (κ3) is 5.24. The van der Waals surface area contributed by atoms with E-state index in [-0.39, 0.29) is 40.6 Å². The molecule has 5 aliphatic rings. The molecule has 0 radical (unpaired) electrons. The van der Waals surface area contributed by atoms with E-state index in [1.165, 1.54) is 7.11 Å². The average Bonchev–Trinajstić information content (AvgIpc) is 3.24. The second-order valence-electron chi connectivity index (χ2n) is 14.7. The van der Waals surface area contributed by atoms with Crippen LogP contribution in [0.4, 0.5) is 0 Å². The van der Waals surface area contributed by atoms with Crippen LogP contribution in [0, 0.1) is 40.4 Å². The molecule has 240 valence electrons. The minimum Gasteiger partial charge on any atom is -0.394 e. The van der Waals surface area contributed by atoms with E-state index in [1.54, 1.807) is 0 Å². The zero-order valence-electron chi connectivity index (χ0n) is 26.1. The largest absolute Gasteiger partial charge is 0.394 e. The lowest BCUT2D eigenvalue weighted by atomic mass is 9.47. The van der Waals surface area contributed by atoms with Crippen LogP contribution < -0.4 is 0 Å². The molecule has 0 spiro atoms. The van der Waals surface area contributed by atoms with Gasteiger partial charge in [0.15, 0.2) is 6.29 Å². The van der Waals surface area contributed by atoms with Crippen LogP contribution in [0.25, 0.3) is 0 Å². The van der Waals surface area contributed by atoms with Crippen LogP contribution >= 0.6 is 0 Å². The van der Waals surface area contributed by atoms with Gasteiger partial charge in [-0.3, -0.25) is 0 Å². The first-order valence-electron chi connectivity index (χ1n) is 16.0. The Hall–Kier alpha value is -0.880. The molecule has 4 aliphatic carbocycles. The Morgan fingerprint density at radius 3 is 2.33 bits per heavy atom. The minimum atomic E-state index is -1.26. The van der Waals surface area contributed by atoms with Gasteiger partial charge in [0.05, 0.1) is 24.9 Å². The van der Waals surface area contributed by atoms with E-state index < -0.39 is 55.6 Å².